The first kappa shape index (κ1) is 16.4. The number of halogens is 1. The first-order chi connectivity index (χ1) is 9.93. The molecule has 1 aromatic rings. The molecular formula is C15H22FNO3S. The van der Waals surface area contributed by atoms with Gasteiger partial charge in [-0.15, -0.1) is 0 Å². The molecule has 2 rings (SSSR count). The van der Waals surface area contributed by atoms with Crippen molar-refractivity contribution in [3.05, 3.63) is 35.6 Å². The van der Waals surface area contributed by atoms with Gasteiger partial charge in [-0.2, -0.15) is 0 Å². The van der Waals surface area contributed by atoms with Crippen molar-refractivity contribution in [3.8, 4) is 0 Å². The van der Waals surface area contributed by atoms with E-state index in [1.165, 1.54) is 12.1 Å². The zero-order chi connectivity index (χ0) is 15.7. The molecule has 0 saturated heterocycles. The van der Waals surface area contributed by atoms with E-state index in [2.05, 4.69) is 0 Å². The number of benzene rings is 1. The van der Waals surface area contributed by atoms with E-state index in [1.54, 1.807) is 19.1 Å². The Morgan fingerprint density at radius 3 is 2.62 bits per heavy atom. The topological polar surface area (TPSA) is 69.4 Å². The predicted octanol–water partition coefficient (Wildman–Crippen LogP) is 1.71. The first-order valence-electron chi connectivity index (χ1n) is 7.17. The van der Waals surface area contributed by atoms with E-state index in [0.717, 1.165) is 0 Å². The van der Waals surface area contributed by atoms with E-state index in [0.29, 0.717) is 12.2 Å². The summed E-state index contributed by atoms with van der Waals surface area (Å²) in [4.78, 5) is 0. The van der Waals surface area contributed by atoms with Crippen LogP contribution in [0.25, 0.3) is 0 Å². The lowest BCUT2D eigenvalue weighted by atomic mass is 10.00. The van der Waals surface area contributed by atoms with Gasteiger partial charge in [-0.1, -0.05) is 19.1 Å². The molecule has 0 amide bonds. The normalized spacial score (nSPS) is 28.6. The fourth-order valence-electron chi connectivity index (χ4n) is 3.17. The van der Waals surface area contributed by atoms with Crippen LogP contribution in [0.4, 0.5) is 4.39 Å². The van der Waals surface area contributed by atoms with E-state index in [4.69, 9.17) is 10.5 Å². The molecule has 0 heterocycles. The van der Waals surface area contributed by atoms with Gasteiger partial charge >= 0.3 is 0 Å². The maximum atomic E-state index is 13.5. The van der Waals surface area contributed by atoms with Gasteiger partial charge in [0, 0.05) is 30.2 Å². The van der Waals surface area contributed by atoms with Crippen LogP contribution >= 0.6 is 0 Å². The van der Waals surface area contributed by atoms with Crippen molar-refractivity contribution in [3.63, 3.8) is 0 Å². The Hall–Kier alpha value is -0.980. The summed E-state index contributed by atoms with van der Waals surface area (Å²) >= 11 is 0. The molecule has 6 heteroatoms. The van der Waals surface area contributed by atoms with E-state index >= 15 is 0 Å². The Bertz CT molecular complexity index is 605. The van der Waals surface area contributed by atoms with Gasteiger partial charge < -0.3 is 10.5 Å². The molecule has 118 valence electrons. The molecule has 21 heavy (non-hydrogen) atoms. The third kappa shape index (κ3) is 2.84. The smallest absolute Gasteiger partial charge is 0.154 e. The van der Waals surface area contributed by atoms with E-state index in [9.17, 15) is 12.8 Å². The van der Waals surface area contributed by atoms with Gasteiger partial charge in [-0.3, -0.25) is 0 Å². The van der Waals surface area contributed by atoms with Crippen molar-refractivity contribution in [2.75, 3.05) is 25.5 Å². The van der Waals surface area contributed by atoms with Gasteiger partial charge in [0.25, 0.3) is 0 Å². The Morgan fingerprint density at radius 2 is 2.10 bits per heavy atom. The zero-order valence-corrected chi connectivity index (χ0v) is 13.2. The predicted molar refractivity (Wildman–Crippen MR) is 80.4 cm³/mol. The van der Waals surface area contributed by atoms with Crippen LogP contribution in [0.1, 0.15) is 25.3 Å². The van der Waals surface area contributed by atoms with Crippen molar-refractivity contribution in [1.82, 2.24) is 0 Å². The van der Waals surface area contributed by atoms with E-state index < -0.39 is 20.5 Å². The van der Waals surface area contributed by atoms with Crippen LogP contribution in [0.5, 0.6) is 0 Å². The number of ether oxygens (including phenoxy) is 1. The number of hydrogen-bond acceptors (Lipinski definition) is 4. The lowest BCUT2D eigenvalue weighted by Crippen LogP contribution is -2.29. The Balaban J connectivity index is 2.41. The first-order valence-corrected chi connectivity index (χ1v) is 8.89. The van der Waals surface area contributed by atoms with Crippen LogP contribution in [-0.4, -0.2) is 39.2 Å². The molecule has 1 aliphatic carbocycles. The second-order valence-electron chi connectivity index (χ2n) is 5.48. The van der Waals surface area contributed by atoms with Gasteiger partial charge in [0.2, 0.25) is 0 Å². The van der Waals surface area contributed by atoms with E-state index in [-0.39, 0.29) is 30.6 Å². The summed E-state index contributed by atoms with van der Waals surface area (Å²) in [6.45, 7) is 4.46. The lowest BCUT2D eigenvalue weighted by Gasteiger charge is -2.15. The Labute approximate surface area is 125 Å². The van der Waals surface area contributed by atoms with Gasteiger partial charge in [0.15, 0.2) is 9.84 Å². The summed E-state index contributed by atoms with van der Waals surface area (Å²) in [6.07, 6.45) is 0. The highest BCUT2D eigenvalue weighted by Gasteiger charge is 2.69. The summed E-state index contributed by atoms with van der Waals surface area (Å²) in [6, 6.07) is 6.10. The molecule has 0 aromatic heterocycles. The van der Waals surface area contributed by atoms with Crippen LogP contribution in [-0.2, 0) is 14.6 Å². The van der Waals surface area contributed by atoms with Crippen LogP contribution < -0.4 is 5.73 Å². The molecule has 2 N–H and O–H groups in total. The quantitative estimate of drug-likeness (QED) is 0.831. The molecule has 0 unspecified atom stereocenters. The average Bonchev–Trinajstić information content (AvgIpc) is 3.15. The highest BCUT2D eigenvalue weighted by Crippen LogP contribution is 2.62. The summed E-state index contributed by atoms with van der Waals surface area (Å²) in [5, 5.41) is -0.589. The third-order valence-corrected chi connectivity index (χ3v) is 6.65. The summed E-state index contributed by atoms with van der Waals surface area (Å²) in [5.74, 6) is -0.610. The molecule has 0 aliphatic heterocycles. The van der Waals surface area contributed by atoms with Gasteiger partial charge in [-0.25, -0.2) is 12.8 Å². The molecule has 1 fully saturated rings. The minimum Gasteiger partial charge on any atom is -0.381 e. The van der Waals surface area contributed by atoms with Crippen molar-refractivity contribution >= 4 is 9.84 Å². The second-order valence-corrected chi connectivity index (χ2v) is 7.89. The third-order valence-electron chi connectivity index (χ3n) is 4.33. The largest absolute Gasteiger partial charge is 0.381 e. The standard InChI is InChI=1S/C15H22FNO3S/c1-3-20-10-15(9-17)13(14(15)21(18,19)4-2)11-6-5-7-12(16)8-11/h5-8,13-14H,3-4,9-10,17H2,1-2H3/t13-,14-,15+/m0/s1. The summed E-state index contributed by atoms with van der Waals surface area (Å²) in [7, 11) is -3.27. The van der Waals surface area contributed by atoms with Crippen LogP contribution in [0.3, 0.4) is 0 Å². The van der Waals surface area contributed by atoms with Gasteiger partial charge in [-0.05, 0) is 24.6 Å². The highest BCUT2D eigenvalue weighted by atomic mass is 32.2. The van der Waals surface area contributed by atoms with Crippen molar-refractivity contribution in [2.24, 2.45) is 11.1 Å². The molecule has 1 aliphatic rings. The Morgan fingerprint density at radius 1 is 1.38 bits per heavy atom. The summed E-state index contributed by atoms with van der Waals surface area (Å²) in [5.41, 5.74) is 5.92. The maximum absolute atomic E-state index is 13.5. The molecule has 1 saturated carbocycles. The molecule has 0 bridgehead atoms. The zero-order valence-electron chi connectivity index (χ0n) is 12.4. The molecule has 0 spiro atoms. The van der Waals surface area contributed by atoms with Crippen molar-refractivity contribution < 1.29 is 17.5 Å². The van der Waals surface area contributed by atoms with Crippen molar-refractivity contribution in [2.45, 2.75) is 25.0 Å². The molecule has 4 nitrogen and oxygen atoms in total. The SMILES string of the molecule is CCOC[C@]1(CN)[C@@H](c2cccc(F)c2)[C@@H]1S(=O)(=O)CC. The summed E-state index contributed by atoms with van der Waals surface area (Å²) < 4.78 is 43.6. The molecule has 1 aromatic carbocycles. The lowest BCUT2D eigenvalue weighted by molar-refractivity contribution is 0.101. The maximum Gasteiger partial charge on any atom is 0.154 e. The van der Waals surface area contributed by atoms with Crippen LogP contribution in [0, 0.1) is 11.2 Å². The number of nitrogens with two attached hydrogens (primary N) is 1. The number of rotatable bonds is 7. The molecule has 0 radical (unpaired) electrons. The van der Waals surface area contributed by atoms with Crippen molar-refractivity contribution in [1.29, 1.82) is 0 Å². The average molecular weight is 315 g/mol. The molecule has 3 atom stereocenters. The highest BCUT2D eigenvalue weighted by molar-refractivity contribution is 7.92. The fraction of sp³-hybridized carbons (Fsp3) is 0.600. The Kier molecular flexibility index (Phi) is 4.70. The minimum atomic E-state index is -3.27. The van der Waals surface area contributed by atoms with Crippen LogP contribution in [0.2, 0.25) is 0 Å². The van der Waals surface area contributed by atoms with E-state index in [1.807, 2.05) is 6.92 Å². The minimum absolute atomic E-state index is 0.0529. The van der Waals surface area contributed by atoms with Gasteiger partial charge in [0.1, 0.15) is 5.82 Å². The fourth-order valence-corrected chi connectivity index (χ4v) is 5.32. The second kappa shape index (κ2) is 6.02. The van der Waals surface area contributed by atoms with Gasteiger partial charge in [0.05, 0.1) is 11.9 Å². The number of hydrogen-bond donors (Lipinski definition) is 1. The molecular weight excluding hydrogens is 293 g/mol. The van der Waals surface area contributed by atoms with Crippen LogP contribution in [0.15, 0.2) is 24.3 Å². The monoisotopic (exact) mass is 315 g/mol. The number of sulfone groups is 1.